The SMILES string of the molecule is CCOc1ccc(-c2ccc(C=C(C#N)C(=O)Nc3ncc(C)s3)o2)c([N+](=O)[O-])c1. The van der Waals surface area contributed by atoms with Gasteiger partial charge in [0.05, 0.1) is 23.2 Å². The second kappa shape index (κ2) is 9.02. The van der Waals surface area contributed by atoms with Crippen LogP contribution in [0.4, 0.5) is 10.8 Å². The summed E-state index contributed by atoms with van der Waals surface area (Å²) in [6.07, 6.45) is 2.87. The van der Waals surface area contributed by atoms with Crippen LogP contribution in [0.3, 0.4) is 0 Å². The Morgan fingerprint density at radius 2 is 2.23 bits per heavy atom. The largest absolute Gasteiger partial charge is 0.494 e. The highest BCUT2D eigenvalue weighted by atomic mass is 32.1. The van der Waals surface area contributed by atoms with Gasteiger partial charge in [-0.3, -0.25) is 20.2 Å². The Bertz CT molecular complexity index is 1170. The molecule has 30 heavy (non-hydrogen) atoms. The summed E-state index contributed by atoms with van der Waals surface area (Å²) >= 11 is 1.28. The first-order valence-electron chi connectivity index (χ1n) is 8.78. The third kappa shape index (κ3) is 4.71. The van der Waals surface area contributed by atoms with Gasteiger partial charge in [0, 0.05) is 17.2 Å². The lowest BCUT2D eigenvalue weighted by Crippen LogP contribution is -2.13. The van der Waals surface area contributed by atoms with Gasteiger partial charge in [0.1, 0.15) is 28.9 Å². The van der Waals surface area contributed by atoms with E-state index in [9.17, 15) is 20.2 Å². The first-order valence-corrected chi connectivity index (χ1v) is 9.60. The van der Waals surface area contributed by atoms with Gasteiger partial charge in [-0.15, -0.1) is 11.3 Å². The lowest BCUT2D eigenvalue weighted by molar-refractivity contribution is -0.384. The molecule has 0 bridgehead atoms. The maximum Gasteiger partial charge on any atom is 0.284 e. The van der Waals surface area contributed by atoms with Crippen molar-refractivity contribution in [2.24, 2.45) is 0 Å². The Morgan fingerprint density at radius 3 is 2.87 bits per heavy atom. The summed E-state index contributed by atoms with van der Waals surface area (Å²) in [4.78, 5) is 28.2. The van der Waals surface area contributed by atoms with Crippen LogP contribution < -0.4 is 10.1 Å². The highest BCUT2D eigenvalue weighted by Gasteiger charge is 2.20. The fraction of sp³-hybridized carbons (Fsp3) is 0.150. The lowest BCUT2D eigenvalue weighted by Gasteiger charge is -2.05. The number of anilines is 1. The lowest BCUT2D eigenvalue weighted by atomic mass is 10.1. The van der Waals surface area contributed by atoms with Crippen molar-refractivity contribution in [1.29, 1.82) is 5.26 Å². The van der Waals surface area contributed by atoms with Crippen molar-refractivity contribution >= 4 is 34.1 Å². The molecule has 0 aliphatic rings. The predicted octanol–water partition coefficient (Wildman–Crippen LogP) is 4.56. The molecule has 0 saturated heterocycles. The summed E-state index contributed by atoms with van der Waals surface area (Å²) in [5, 5.41) is 23.7. The number of amides is 1. The number of nitro groups is 1. The topological polar surface area (TPSA) is 131 Å². The van der Waals surface area contributed by atoms with Crippen LogP contribution in [-0.2, 0) is 4.79 Å². The van der Waals surface area contributed by atoms with Crippen molar-refractivity contribution in [2.75, 3.05) is 11.9 Å². The van der Waals surface area contributed by atoms with Gasteiger partial charge in [-0.1, -0.05) is 0 Å². The fourth-order valence-electron chi connectivity index (χ4n) is 2.57. The molecule has 0 saturated carbocycles. The van der Waals surface area contributed by atoms with Gasteiger partial charge in [-0.25, -0.2) is 4.98 Å². The molecule has 0 spiro atoms. The van der Waals surface area contributed by atoms with E-state index in [1.807, 2.05) is 13.0 Å². The number of benzene rings is 1. The Labute approximate surface area is 175 Å². The molecular weight excluding hydrogens is 408 g/mol. The number of nitro benzene ring substituents is 1. The highest BCUT2D eigenvalue weighted by molar-refractivity contribution is 7.15. The number of hydrogen-bond donors (Lipinski definition) is 1. The van der Waals surface area contributed by atoms with Gasteiger partial charge >= 0.3 is 0 Å². The number of thiazole rings is 1. The minimum Gasteiger partial charge on any atom is -0.494 e. The van der Waals surface area contributed by atoms with Gasteiger partial charge in [-0.05, 0) is 38.1 Å². The summed E-state index contributed by atoms with van der Waals surface area (Å²) in [5.41, 5.74) is -0.113. The van der Waals surface area contributed by atoms with Crippen LogP contribution in [0.5, 0.6) is 5.75 Å². The third-order valence-corrected chi connectivity index (χ3v) is 4.69. The zero-order valence-corrected chi connectivity index (χ0v) is 16.9. The van der Waals surface area contributed by atoms with Crippen molar-refractivity contribution in [3.8, 4) is 23.1 Å². The van der Waals surface area contributed by atoms with Gasteiger partial charge in [0.15, 0.2) is 5.13 Å². The molecular formula is C20H16N4O5S. The molecule has 0 atom stereocenters. The first kappa shape index (κ1) is 20.8. The number of rotatable bonds is 7. The third-order valence-electron chi connectivity index (χ3n) is 3.86. The summed E-state index contributed by atoms with van der Waals surface area (Å²) in [6.45, 7) is 4.01. The molecule has 0 aliphatic heterocycles. The standard InChI is InChI=1S/C20H16N4O5S/c1-3-28-14-4-6-16(17(9-14)24(26)27)18-7-5-15(29-18)8-13(10-21)19(25)23-20-22-11-12(2)30-20/h4-9,11H,3H2,1-2H3,(H,22,23,25). The zero-order chi connectivity index (χ0) is 21.7. The summed E-state index contributed by atoms with van der Waals surface area (Å²) in [6, 6.07) is 9.33. The van der Waals surface area contributed by atoms with Crippen LogP contribution in [0.2, 0.25) is 0 Å². The number of carbonyl (C=O) groups excluding carboxylic acids is 1. The minimum atomic E-state index is -0.628. The maximum atomic E-state index is 12.3. The number of nitriles is 1. The molecule has 2 aromatic heterocycles. The van der Waals surface area contributed by atoms with Crippen LogP contribution >= 0.6 is 11.3 Å². The number of aromatic nitrogens is 1. The summed E-state index contributed by atoms with van der Waals surface area (Å²) < 4.78 is 10.9. The minimum absolute atomic E-state index is 0.178. The Balaban J connectivity index is 1.87. The smallest absolute Gasteiger partial charge is 0.284 e. The van der Waals surface area contributed by atoms with E-state index in [1.54, 1.807) is 19.2 Å². The van der Waals surface area contributed by atoms with Gasteiger partial charge in [-0.2, -0.15) is 5.26 Å². The van der Waals surface area contributed by atoms with Crippen molar-refractivity contribution < 1.29 is 18.9 Å². The summed E-state index contributed by atoms with van der Waals surface area (Å²) in [5.74, 6) is 0.178. The van der Waals surface area contributed by atoms with Crippen LogP contribution in [0, 0.1) is 28.4 Å². The molecule has 1 amide bonds. The Morgan fingerprint density at radius 1 is 1.43 bits per heavy atom. The number of hydrogen-bond acceptors (Lipinski definition) is 8. The van der Waals surface area contributed by atoms with E-state index in [0.29, 0.717) is 17.5 Å². The van der Waals surface area contributed by atoms with Gasteiger partial charge < -0.3 is 9.15 Å². The molecule has 0 radical (unpaired) electrons. The van der Waals surface area contributed by atoms with Crippen LogP contribution in [0.1, 0.15) is 17.6 Å². The summed E-state index contributed by atoms with van der Waals surface area (Å²) in [7, 11) is 0. The molecule has 10 heteroatoms. The van der Waals surface area contributed by atoms with Crippen molar-refractivity contribution in [2.45, 2.75) is 13.8 Å². The van der Waals surface area contributed by atoms with E-state index in [-0.39, 0.29) is 28.3 Å². The quantitative estimate of drug-likeness (QED) is 0.254. The molecule has 3 aromatic rings. The monoisotopic (exact) mass is 424 g/mol. The van der Waals surface area contributed by atoms with Crippen LogP contribution in [0.15, 0.2) is 46.5 Å². The molecule has 0 unspecified atom stereocenters. The number of ether oxygens (including phenoxy) is 1. The Kier molecular flexibility index (Phi) is 6.24. The van der Waals surface area contributed by atoms with E-state index >= 15 is 0 Å². The Hall–Kier alpha value is -3.97. The van der Waals surface area contributed by atoms with Crippen molar-refractivity contribution in [3.63, 3.8) is 0 Å². The molecule has 3 rings (SSSR count). The average molecular weight is 424 g/mol. The van der Waals surface area contributed by atoms with E-state index in [1.165, 1.54) is 41.7 Å². The van der Waals surface area contributed by atoms with Crippen LogP contribution in [0.25, 0.3) is 17.4 Å². The molecule has 0 fully saturated rings. The van der Waals surface area contributed by atoms with E-state index < -0.39 is 10.8 Å². The van der Waals surface area contributed by atoms with E-state index in [0.717, 1.165) is 4.88 Å². The normalized spacial score (nSPS) is 11.0. The first-order chi connectivity index (χ1) is 14.4. The highest BCUT2D eigenvalue weighted by Crippen LogP contribution is 2.34. The van der Waals surface area contributed by atoms with Crippen molar-refractivity contribution in [1.82, 2.24) is 4.98 Å². The van der Waals surface area contributed by atoms with Gasteiger partial charge in [0.25, 0.3) is 11.6 Å². The number of furan rings is 1. The predicted molar refractivity (Wildman–Crippen MR) is 111 cm³/mol. The number of nitrogens with zero attached hydrogens (tertiary/aromatic N) is 3. The second-order valence-electron chi connectivity index (χ2n) is 5.97. The molecule has 2 heterocycles. The van der Waals surface area contributed by atoms with E-state index in [4.69, 9.17) is 9.15 Å². The molecule has 1 N–H and O–H groups in total. The van der Waals surface area contributed by atoms with Crippen molar-refractivity contribution in [3.05, 3.63) is 62.9 Å². The molecule has 9 nitrogen and oxygen atoms in total. The maximum absolute atomic E-state index is 12.3. The molecule has 152 valence electrons. The van der Waals surface area contributed by atoms with E-state index in [2.05, 4.69) is 10.3 Å². The fourth-order valence-corrected chi connectivity index (χ4v) is 3.23. The van der Waals surface area contributed by atoms with Gasteiger partial charge in [0.2, 0.25) is 0 Å². The molecule has 0 aliphatic carbocycles. The second-order valence-corrected chi connectivity index (χ2v) is 7.21. The molecule has 1 aromatic carbocycles. The number of carbonyl (C=O) groups is 1. The average Bonchev–Trinajstić information content (AvgIpc) is 3.35. The van der Waals surface area contributed by atoms with Crippen LogP contribution in [-0.4, -0.2) is 22.4 Å². The number of nitrogens with one attached hydrogen (secondary N) is 1. The zero-order valence-electron chi connectivity index (χ0n) is 16.0. The number of aryl methyl sites for hydroxylation is 1.